The zero-order chi connectivity index (χ0) is 12.4. The number of rotatable bonds is 5. The molecule has 1 unspecified atom stereocenters. The van der Waals surface area contributed by atoms with Crippen molar-refractivity contribution in [3.63, 3.8) is 0 Å². The number of nitrogens with one attached hydrogen (secondary N) is 1. The normalized spacial score (nSPS) is 16.9. The Kier molecular flexibility index (Phi) is 3.33. The van der Waals surface area contributed by atoms with Crippen LogP contribution in [-0.2, 0) is 0 Å². The number of benzene rings is 2. The monoisotopic (exact) mass is 239 g/mol. The van der Waals surface area contributed by atoms with Gasteiger partial charge < -0.3 is 5.32 Å². The topological polar surface area (TPSA) is 12.0 Å². The molecule has 1 atom stereocenters. The van der Waals surface area contributed by atoms with Gasteiger partial charge in [-0.15, -0.1) is 0 Å². The van der Waals surface area contributed by atoms with Crippen molar-refractivity contribution in [2.45, 2.75) is 32.2 Å². The molecule has 0 aromatic heterocycles. The van der Waals surface area contributed by atoms with Crippen LogP contribution < -0.4 is 5.32 Å². The predicted molar refractivity (Wildman–Crippen MR) is 77.7 cm³/mol. The Balaban J connectivity index is 1.75. The van der Waals surface area contributed by atoms with Crippen molar-refractivity contribution >= 4 is 10.8 Å². The molecule has 1 aliphatic rings. The maximum absolute atomic E-state index is 3.66. The van der Waals surface area contributed by atoms with Crippen molar-refractivity contribution in [1.82, 2.24) is 5.32 Å². The van der Waals surface area contributed by atoms with Crippen LogP contribution in [0, 0.1) is 5.92 Å². The Morgan fingerprint density at radius 3 is 2.72 bits per heavy atom. The zero-order valence-electron chi connectivity index (χ0n) is 11.0. The lowest BCUT2D eigenvalue weighted by atomic mass is 9.99. The molecule has 18 heavy (non-hydrogen) atoms. The molecule has 0 heterocycles. The van der Waals surface area contributed by atoms with Crippen molar-refractivity contribution in [1.29, 1.82) is 0 Å². The first-order chi connectivity index (χ1) is 8.84. The summed E-state index contributed by atoms with van der Waals surface area (Å²) in [5.41, 5.74) is 1.42. The van der Waals surface area contributed by atoms with E-state index < -0.39 is 0 Å². The minimum atomic E-state index is 0.440. The molecule has 1 N–H and O–H groups in total. The van der Waals surface area contributed by atoms with E-state index in [9.17, 15) is 0 Å². The Morgan fingerprint density at radius 2 is 1.89 bits per heavy atom. The van der Waals surface area contributed by atoms with Crippen LogP contribution in [0.5, 0.6) is 0 Å². The summed E-state index contributed by atoms with van der Waals surface area (Å²) in [6.45, 7) is 3.42. The molecule has 0 radical (unpaired) electrons. The van der Waals surface area contributed by atoms with Gasteiger partial charge in [-0.1, -0.05) is 55.3 Å². The summed E-state index contributed by atoms with van der Waals surface area (Å²) in [5, 5.41) is 6.38. The second kappa shape index (κ2) is 5.11. The van der Waals surface area contributed by atoms with Gasteiger partial charge in [0.05, 0.1) is 0 Å². The third-order valence-electron chi connectivity index (χ3n) is 3.99. The highest BCUT2D eigenvalue weighted by molar-refractivity contribution is 5.86. The first kappa shape index (κ1) is 11.7. The van der Waals surface area contributed by atoms with E-state index in [1.54, 1.807) is 0 Å². The van der Waals surface area contributed by atoms with Crippen LogP contribution in [0.4, 0.5) is 0 Å². The highest BCUT2D eigenvalue weighted by Crippen LogP contribution is 2.32. The molecule has 2 aromatic rings. The summed E-state index contributed by atoms with van der Waals surface area (Å²) in [5.74, 6) is 1.01. The molecule has 1 heteroatoms. The fraction of sp³-hybridized carbons (Fsp3) is 0.412. The van der Waals surface area contributed by atoms with E-state index in [4.69, 9.17) is 0 Å². The van der Waals surface area contributed by atoms with E-state index in [1.807, 2.05) is 0 Å². The lowest BCUT2D eigenvalue weighted by Gasteiger charge is -2.16. The van der Waals surface area contributed by atoms with E-state index in [0.29, 0.717) is 6.04 Å². The SMILES string of the molecule is CC(NCCC1CC1)c1cccc2ccccc12. The maximum atomic E-state index is 3.66. The molecular weight excluding hydrogens is 218 g/mol. The van der Waals surface area contributed by atoms with Crippen LogP contribution in [0.1, 0.15) is 37.8 Å². The van der Waals surface area contributed by atoms with Crippen molar-refractivity contribution in [2.75, 3.05) is 6.54 Å². The first-order valence-corrected chi connectivity index (χ1v) is 7.05. The summed E-state index contributed by atoms with van der Waals surface area (Å²) in [6, 6.07) is 15.7. The number of fused-ring (bicyclic) bond motifs is 1. The minimum absolute atomic E-state index is 0.440. The maximum Gasteiger partial charge on any atom is 0.0297 e. The molecule has 0 bridgehead atoms. The van der Waals surface area contributed by atoms with Gasteiger partial charge in [-0.2, -0.15) is 0 Å². The van der Waals surface area contributed by atoms with Crippen molar-refractivity contribution < 1.29 is 0 Å². The summed E-state index contributed by atoms with van der Waals surface area (Å²) in [6.07, 6.45) is 4.24. The van der Waals surface area contributed by atoms with Gasteiger partial charge in [0.25, 0.3) is 0 Å². The van der Waals surface area contributed by atoms with E-state index >= 15 is 0 Å². The van der Waals surface area contributed by atoms with Gasteiger partial charge in [-0.3, -0.25) is 0 Å². The molecule has 0 saturated heterocycles. The van der Waals surface area contributed by atoms with Gasteiger partial charge in [-0.25, -0.2) is 0 Å². The first-order valence-electron chi connectivity index (χ1n) is 7.05. The fourth-order valence-corrected chi connectivity index (χ4v) is 2.65. The molecule has 1 fully saturated rings. The van der Waals surface area contributed by atoms with Crippen molar-refractivity contribution in [2.24, 2.45) is 5.92 Å². The molecule has 1 aliphatic carbocycles. The molecule has 0 aliphatic heterocycles. The van der Waals surface area contributed by atoms with E-state index in [1.165, 1.54) is 35.6 Å². The van der Waals surface area contributed by atoms with Gasteiger partial charge in [0.1, 0.15) is 0 Å². The zero-order valence-corrected chi connectivity index (χ0v) is 11.0. The third kappa shape index (κ3) is 2.56. The summed E-state index contributed by atoms with van der Waals surface area (Å²) < 4.78 is 0. The lowest BCUT2D eigenvalue weighted by molar-refractivity contribution is 0.542. The summed E-state index contributed by atoms with van der Waals surface area (Å²) in [4.78, 5) is 0. The number of hydrogen-bond donors (Lipinski definition) is 1. The van der Waals surface area contributed by atoms with Gasteiger partial charge >= 0.3 is 0 Å². The highest BCUT2D eigenvalue weighted by Gasteiger charge is 2.20. The predicted octanol–water partition coefficient (Wildman–Crippen LogP) is 4.29. The van der Waals surface area contributed by atoms with Crippen molar-refractivity contribution in [3.8, 4) is 0 Å². The molecular formula is C17H21N. The van der Waals surface area contributed by atoms with Crippen LogP contribution in [-0.4, -0.2) is 6.54 Å². The van der Waals surface area contributed by atoms with Crippen LogP contribution in [0.25, 0.3) is 10.8 Å². The van der Waals surface area contributed by atoms with Crippen LogP contribution in [0.2, 0.25) is 0 Å². The average molecular weight is 239 g/mol. The molecule has 1 nitrogen and oxygen atoms in total. The third-order valence-corrected chi connectivity index (χ3v) is 3.99. The molecule has 0 spiro atoms. The van der Waals surface area contributed by atoms with Gasteiger partial charge in [0.15, 0.2) is 0 Å². The second-order valence-electron chi connectivity index (χ2n) is 5.48. The standard InChI is InChI=1S/C17H21N/c1-13(18-12-11-14-9-10-14)16-8-4-6-15-5-2-3-7-17(15)16/h2-8,13-14,18H,9-12H2,1H3. The van der Waals surface area contributed by atoms with E-state index in [2.05, 4.69) is 54.7 Å². The smallest absolute Gasteiger partial charge is 0.0297 e. The van der Waals surface area contributed by atoms with E-state index in [0.717, 1.165) is 12.5 Å². The molecule has 94 valence electrons. The van der Waals surface area contributed by atoms with Crippen LogP contribution in [0.15, 0.2) is 42.5 Å². The van der Waals surface area contributed by atoms with Crippen LogP contribution in [0.3, 0.4) is 0 Å². The molecule has 3 rings (SSSR count). The lowest BCUT2D eigenvalue weighted by Crippen LogP contribution is -2.20. The minimum Gasteiger partial charge on any atom is -0.310 e. The largest absolute Gasteiger partial charge is 0.310 e. The van der Waals surface area contributed by atoms with E-state index in [-0.39, 0.29) is 0 Å². The second-order valence-corrected chi connectivity index (χ2v) is 5.48. The highest BCUT2D eigenvalue weighted by atomic mass is 14.9. The molecule has 2 aromatic carbocycles. The average Bonchev–Trinajstić information content (AvgIpc) is 3.22. The molecule has 0 amide bonds. The van der Waals surface area contributed by atoms with Gasteiger partial charge in [0, 0.05) is 6.04 Å². The fourth-order valence-electron chi connectivity index (χ4n) is 2.65. The van der Waals surface area contributed by atoms with Crippen molar-refractivity contribution in [3.05, 3.63) is 48.0 Å². The Labute approximate surface area is 109 Å². The molecule has 1 saturated carbocycles. The van der Waals surface area contributed by atoms with Crippen LogP contribution >= 0.6 is 0 Å². The Morgan fingerprint density at radius 1 is 1.11 bits per heavy atom. The van der Waals surface area contributed by atoms with Gasteiger partial charge in [0.2, 0.25) is 0 Å². The Hall–Kier alpha value is -1.34. The van der Waals surface area contributed by atoms with Gasteiger partial charge in [-0.05, 0) is 42.1 Å². The number of hydrogen-bond acceptors (Lipinski definition) is 1. The Bertz CT molecular complexity index is 523. The quantitative estimate of drug-likeness (QED) is 0.820. The summed E-state index contributed by atoms with van der Waals surface area (Å²) >= 11 is 0. The summed E-state index contributed by atoms with van der Waals surface area (Å²) in [7, 11) is 0.